The van der Waals surface area contributed by atoms with E-state index in [0.717, 1.165) is 5.56 Å². The van der Waals surface area contributed by atoms with Gasteiger partial charge in [0.1, 0.15) is 5.82 Å². The number of anilines is 1. The molecule has 0 fully saturated rings. The molecule has 0 saturated carbocycles. The molecule has 5 nitrogen and oxygen atoms in total. The van der Waals surface area contributed by atoms with E-state index >= 15 is 0 Å². The van der Waals surface area contributed by atoms with Crippen molar-refractivity contribution in [3.8, 4) is 0 Å². The fourth-order valence-corrected chi connectivity index (χ4v) is 2.39. The molecule has 0 unspecified atom stereocenters. The van der Waals surface area contributed by atoms with Gasteiger partial charge in [-0.05, 0) is 49.4 Å². The van der Waals surface area contributed by atoms with Gasteiger partial charge >= 0.3 is 0 Å². The number of aryl methyl sites for hydroxylation is 1. The van der Waals surface area contributed by atoms with Crippen molar-refractivity contribution in [2.45, 2.75) is 13.5 Å². The van der Waals surface area contributed by atoms with Gasteiger partial charge in [-0.2, -0.15) is 0 Å². The van der Waals surface area contributed by atoms with Gasteiger partial charge in [0.15, 0.2) is 0 Å². The minimum atomic E-state index is -0.345. The second-order valence-electron chi connectivity index (χ2n) is 5.96. The fraction of sp³-hybridized carbons (Fsp3) is 0.263. The molecule has 0 atom stereocenters. The summed E-state index contributed by atoms with van der Waals surface area (Å²) in [6.45, 7) is 2.40. The summed E-state index contributed by atoms with van der Waals surface area (Å²) in [5.41, 5.74) is 2.56. The summed E-state index contributed by atoms with van der Waals surface area (Å²) < 4.78 is 13.5. The molecule has 0 aliphatic heterocycles. The number of nitrogens with zero attached hydrogens (tertiary/aromatic N) is 1. The third-order valence-electron chi connectivity index (χ3n) is 3.76. The molecule has 0 aliphatic carbocycles. The Hall–Kier alpha value is -2.73. The highest BCUT2D eigenvalue weighted by Crippen LogP contribution is 2.13. The fourth-order valence-electron chi connectivity index (χ4n) is 2.39. The van der Waals surface area contributed by atoms with Crippen molar-refractivity contribution in [3.63, 3.8) is 0 Å². The second kappa shape index (κ2) is 8.39. The molecule has 2 N–H and O–H groups in total. The zero-order chi connectivity index (χ0) is 18.4. The molecule has 0 heterocycles. The molecule has 0 radical (unpaired) electrons. The minimum absolute atomic E-state index is 0.135. The number of carbonyl (C=O) groups is 2. The van der Waals surface area contributed by atoms with Gasteiger partial charge in [-0.25, -0.2) is 4.39 Å². The van der Waals surface area contributed by atoms with Crippen LogP contribution in [0.3, 0.4) is 0 Å². The van der Waals surface area contributed by atoms with Gasteiger partial charge in [-0.3, -0.25) is 14.5 Å². The van der Waals surface area contributed by atoms with Crippen molar-refractivity contribution in [1.82, 2.24) is 10.2 Å². The van der Waals surface area contributed by atoms with Crippen molar-refractivity contribution in [2.75, 3.05) is 26.0 Å². The van der Waals surface area contributed by atoms with Crippen LogP contribution in [0.4, 0.5) is 10.1 Å². The quantitative estimate of drug-likeness (QED) is 0.847. The number of amides is 2. The first-order valence-corrected chi connectivity index (χ1v) is 7.94. The van der Waals surface area contributed by atoms with Gasteiger partial charge in [-0.1, -0.05) is 18.2 Å². The van der Waals surface area contributed by atoms with Crippen molar-refractivity contribution < 1.29 is 14.0 Å². The zero-order valence-corrected chi connectivity index (χ0v) is 14.6. The second-order valence-corrected chi connectivity index (χ2v) is 5.96. The van der Waals surface area contributed by atoms with Crippen LogP contribution in [0.1, 0.15) is 21.5 Å². The van der Waals surface area contributed by atoms with Crippen molar-refractivity contribution in [2.24, 2.45) is 0 Å². The number of carbonyl (C=O) groups excluding carboxylic acids is 2. The van der Waals surface area contributed by atoms with Crippen LogP contribution in [0.5, 0.6) is 0 Å². The van der Waals surface area contributed by atoms with E-state index in [9.17, 15) is 14.0 Å². The van der Waals surface area contributed by atoms with Crippen molar-refractivity contribution >= 4 is 17.5 Å². The Morgan fingerprint density at radius 2 is 1.80 bits per heavy atom. The van der Waals surface area contributed by atoms with Crippen molar-refractivity contribution in [1.29, 1.82) is 0 Å². The Morgan fingerprint density at radius 3 is 2.40 bits per heavy atom. The van der Waals surface area contributed by atoms with Crippen LogP contribution in [0.2, 0.25) is 0 Å². The van der Waals surface area contributed by atoms with Crippen LogP contribution in [-0.4, -0.2) is 37.4 Å². The number of nitrogens with one attached hydrogen (secondary N) is 2. The Labute approximate surface area is 146 Å². The predicted octanol–water partition coefficient (Wildman–Crippen LogP) is 2.56. The minimum Gasteiger partial charge on any atom is -0.355 e. The number of rotatable bonds is 6. The molecule has 2 aromatic rings. The normalized spacial score (nSPS) is 10.6. The summed E-state index contributed by atoms with van der Waals surface area (Å²) in [7, 11) is 3.41. The molecule has 2 aromatic carbocycles. The van der Waals surface area contributed by atoms with Gasteiger partial charge in [0.25, 0.3) is 5.91 Å². The van der Waals surface area contributed by atoms with E-state index in [1.165, 1.54) is 6.07 Å². The van der Waals surface area contributed by atoms with Gasteiger partial charge in [0.05, 0.1) is 6.54 Å². The molecule has 2 amide bonds. The molecule has 0 spiro atoms. The number of hydrogen-bond acceptors (Lipinski definition) is 3. The monoisotopic (exact) mass is 343 g/mol. The third-order valence-corrected chi connectivity index (χ3v) is 3.76. The first-order chi connectivity index (χ1) is 11.9. The number of hydrogen-bond donors (Lipinski definition) is 2. The first kappa shape index (κ1) is 18.6. The Kier molecular flexibility index (Phi) is 6.25. The molecule has 25 heavy (non-hydrogen) atoms. The summed E-state index contributed by atoms with van der Waals surface area (Å²) in [5, 5.41) is 5.25. The molecule has 132 valence electrons. The molecule has 2 rings (SSSR count). The molecular formula is C19H22FN3O2. The van der Waals surface area contributed by atoms with Crippen LogP contribution in [0.15, 0.2) is 42.5 Å². The van der Waals surface area contributed by atoms with Gasteiger partial charge in [0.2, 0.25) is 5.91 Å². The Bertz CT molecular complexity index is 760. The highest BCUT2D eigenvalue weighted by atomic mass is 19.1. The van der Waals surface area contributed by atoms with Gasteiger partial charge in [-0.15, -0.1) is 0 Å². The lowest BCUT2D eigenvalue weighted by atomic mass is 10.1. The molecule has 0 bridgehead atoms. The van der Waals surface area contributed by atoms with E-state index in [4.69, 9.17) is 0 Å². The standard InChI is InChI=1S/C19H22FN3O2/c1-13-4-9-16(10-17(13)20)22-18(24)12-23(3)11-14-5-7-15(8-6-14)19(25)21-2/h4-10H,11-12H2,1-3H3,(H,21,25)(H,22,24). The van der Waals surface area contributed by atoms with E-state index < -0.39 is 0 Å². The average molecular weight is 343 g/mol. The van der Waals surface area contributed by atoms with Crippen LogP contribution >= 0.6 is 0 Å². The third kappa shape index (κ3) is 5.39. The topological polar surface area (TPSA) is 61.4 Å². The summed E-state index contributed by atoms with van der Waals surface area (Å²) in [5.74, 6) is -0.695. The zero-order valence-electron chi connectivity index (χ0n) is 14.6. The molecular weight excluding hydrogens is 321 g/mol. The predicted molar refractivity (Wildman–Crippen MR) is 95.9 cm³/mol. The largest absolute Gasteiger partial charge is 0.355 e. The summed E-state index contributed by atoms with van der Waals surface area (Å²) >= 11 is 0. The maximum absolute atomic E-state index is 13.5. The average Bonchev–Trinajstić information content (AvgIpc) is 2.58. The lowest BCUT2D eigenvalue weighted by Gasteiger charge is -2.16. The first-order valence-electron chi connectivity index (χ1n) is 7.94. The van der Waals surface area contributed by atoms with Crippen LogP contribution in [0.25, 0.3) is 0 Å². The Morgan fingerprint density at radius 1 is 1.12 bits per heavy atom. The van der Waals surface area contributed by atoms with Gasteiger partial charge < -0.3 is 10.6 Å². The number of benzene rings is 2. The van der Waals surface area contributed by atoms with E-state index in [1.807, 2.05) is 24.1 Å². The van der Waals surface area contributed by atoms with E-state index in [-0.39, 0.29) is 24.2 Å². The SMILES string of the molecule is CNC(=O)c1ccc(CN(C)CC(=O)Nc2ccc(C)c(F)c2)cc1. The van der Waals surface area contributed by atoms with E-state index in [2.05, 4.69) is 10.6 Å². The molecule has 0 aromatic heterocycles. The molecule has 0 saturated heterocycles. The summed E-state index contributed by atoms with van der Waals surface area (Å²) in [4.78, 5) is 25.4. The lowest BCUT2D eigenvalue weighted by Crippen LogP contribution is -2.29. The number of halogens is 1. The summed E-state index contributed by atoms with van der Waals surface area (Å²) in [6.07, 6.45) is 0. The van der Waals surface area contributed by atoms with Crippen molar-refractivity contribution in [3.05, 3.63) is 65.0 Å². The number of likely N-dealkylation sites (N-methyl/N-ethyl adjacent to an activating group) is 1. The molecule has 0 aliphatic rings. The maximum atomic E-state index is 13.5. The smallest absolute Gasteiger partial charge is 0.251 e. The van der Waals surface area contributed by atoms with Crippen LogP contribution in [0, 0.1) is 12.7 Å². The molecule has 6 heteroatoms. The Balaban J connectivity index is 1.88. The van der Waals surface area contributed by atoms with Gasteiger partial charge in [0, 0.05) is 24.8 Å². The van der Waals surface area contributed by atoms with E-state index in [1.54, 1.807) is 38.2 Å². The lowest BCUT2D eigenvalue weighted by molar-refractivity contribution is -0.117. The highest BCUT2D eigenvalue weighted by Gasteiger charge is 2.09. The highest BCUT2D eigenvalue weighted by molar-refractivity contribution is 5.94. The maximum Gasteiger partial charge on any atom is 0.251 e. The summed E-state index contributed by atoms with van der Waals surface area (Å²) in [6, 6.07) is 11.8. The van der Waals surface area contributed by atoms with Crippen LogP contribution in [-0.2, 0) is 11.3 Å². The van der Waals surface area contributed by atoms with E-state index in [0.29, 0.717) is 23.4 Å². The van der Waals surface area contributed by atoms with Crippen LogP contribution < -0.4 is 10.6 Å².